The van der Waals surface area contributed by atoms with E-state index in [0.29, 0.717) is 31.4 Å². The number of rotatable bonds is 12. The Hall–Kier alpha value is -3.57. The molecule has 1 aromatic carbocycles. The van der Waals surface area contributed by atoms with E-state index in [4.69, 9.17) is 4.74 Å². The molecule has 2 unspecified atom stereocenters. The molecule has 2 aromatic rings. The molecule has 3 amide bonds. The van der Waals surface area contributed by atoms with Crippen LogP contribution in [0.15, 0.2) is 49.6 Å². The first kappa shape index (κ1) is 28.0. The molecule has 5 atom stereocenters. The summed E-state index contributed by atoms with van der Waals surface area (Å²) in [5.41, 5.74) is -0.577. The van der Waals surface area contributed by atoms with Crippen molar-refractivity contribution in [3.05, 3.63) is 49.6 Å². The predicted molar refractivity (Wildman–Crippen MR) is 148 cm³/mol. The maximum atomic E-state index is 14.4. The van der Waals surface area contributed by atoms with E-state index in [9.17, 15) is 19.5 Å². The number of aliphatic hydroxyl groups is 1. The molecule has 3 saturated heterocycles. The number of nitrogens with zero attached hydrogens (tertiary/aromatic N) is 6. The fourth-order valence-electron chi connectivity index (χ4n) is 7.07. The average Bonchev–Trinajstić information content (AvgIpc) is 3.64. The maximum Gasteiger partial charge on any atom is 0.250 e. The van der Waals surface area contributed by atoms with Crippen LogP contribution in [-0.4, -0.2) is 103 Å². The van der Waals surface area contributed by atoms with Gasteiger partial charge in [-0.1, -0.05) is 36.4 Å². The predicted octanol–water partition coefficient (Wildman–Crippen LogP) is 1.59. The molecule has 40 heavy (non-hydrogen) atoms. The number of fused-ring (bicyclic) bond motifs is 2. The molecule has 1 spiro atoms. The molecule has 0 radical (unpaired) electrons. The van der Waals surface area contributed by atoms with Crippen LogP contribution in [0.25, 0.3) is 11.0 Å². The van der Waals surface area contributed by atoms with E-state index in [-0.39, 0.29) is 44.1 Å². The minimum atomic E-state index is -1.17. The molecule has 214 valence electrons. The van der Waals surface area contributed by atoms with Crippen LogP contribution >= 0.6 is 0 Å². The summed E-state index contributed by atoms with van der Waals surface area (Å²) in [6, 6.07) is 6.47. The molecular formula is C29H38N6O5. The molecule has 2 bridgehead atoms. The van der Waals surface area contributed by atoms with Crippen LogP contribution in [0.5, 0.6) is 0 Å². The van der Waals surface area contributed by atoms with Crippen molar-refractivity contribution in [1.29, 1.82) is 0 Å². The number of carbonyl (C=O) groups excluding carboxylic acids is 3. The van der Waals surface area contributed by atoms with E-state index in [2.05, 4.69) is 23.5 Å². The van der Waals surface area contributed by atoms with Crippen LogP contribution < -0.4 is 0 Å². The summed E-state index contributed by atoms with van der Waals surface area (Å²) >= 11 is 0. The zero-order valence-corrected chi connectivity index (χ0v) is 23.2. The van der Waals surface area contributed by atoms with Gasteiger partial charge in [0.15, 0.2) is 0 Å². The summed E-state index contributed by atoms with van der Waals surface area (Å²) in [5, 5.41) is 18.3. The molecule has 4 heterocycles. The second-order valence-electron chi connectivity index (χ2n) is 11.1. The van der Waals surface area contributed by atoms with Gasteiger partial charge in [0, 0.05) is 26.2 Å². The van der Waals surface area contributed by atoms with Gasteiger partial charge in [0.2, 0.25) is 17.7 Å². The Labute approximate surface area is 234 Å². The highest BCUT2D eigenvalue weighted by molar-refractivity contribution is 5.99. The molecular weight excluding hydrogens is 512 g/mol. The van der Waals surface area contributed by atoms with E-state index in [1.807, 2.05) is 38.1 Å². The molecule has 3 aliphatic heterocycles. The molecule has 5 rings (SSSR count). The molecule has 0 aliphatic carbocycles. The molecule has 11 heteroatoms. The van der Waals surface area contributed by atoms with Crippen molar-refractivity contribution < 1.29 is 24.2 Å². The van der Waals surface area contributed by atoms with Gasteiger partial charge >= 0.3 is 0 Å². The topological polar surface area (TPSA) is 121 Å². The third kappa shape index (κ3) is 4.23. The molecule has 3 fully saturated rings. The third-order valence-electron chi connectivity index (χ3n) is 8.66. The van der Waals surface area contributed by atoms with Crippen molar-refractivity contribution in [2.75, 3.05) is 32.8 Å². The third-order valence-corrected chi connectivity index (χ3v) is 8.66. The van der Waals surface area contributed by atoms with E-state index >= 15 is 0 Å². The van der Waals surface area contributed by atoms with Gasteiger partial charge in [-0.25, -0.2) is 4.68 Å². The number of ether oxygens (including phenoxy) is 1. The van der Waals surface area contributed by atoms with Crippen LogP contribution in [0.1, 0.15) is 33.1 Å². The van der Waals surface area contributed by atoms with Crippen molar-refractivity contribution in [1.82, 2.24) is 29.7 Å². The van der Waals surface area contributed by atoms with Crippen molar-refractivity contribution in [2.24, 2.45) is 11.8 Å². The van der Waals surface area contributed by atoms with Crippen molar-refractivity contribution in [2.45, 2.75) is 57.0 Å². The number of carbonyl (C=O) groups is 3. The van der Waals surface area contributed by atoms with Gasteiger partial charge in [-0.05, 0) is 38.3 Å². The minimum Gasteiger partial charge on any atom is -0.395 e. The Kier molecular flexibility index (Phi) is 7.54. The monoisotopic (exact) mass is 550 g/mol. The van der Waals surface area contributed by atoms with Crippen LogP contribution in [0.4, 0.5) is 0 Å². The summed E-state index contributed by atoms with van der Waals surface area (Å²) in [6.45, 7) is 12.4. The Morgan fingerprint density at radius 1 is 1.18 bits per heavy atom. The second kappa shape index (κ2) is 10.8. The molecule has 0 saturated carbocycles. The molecule has 3 aliphatic rings. The SMILES string of the molecule is C=CCN(Cn1nnc2ccccc21)C(=O)C1N(CCO)C(=O)[C@@H]2[C@@H](C(=O)N(CC=C)CCC)[C@@]3(C)CCC12O3. The van der Waals surface area contributed by atoms with E-state index in [1.165, 1.54) is 4.90 Å². The van der Waals surface area contributed by atoms with Gasteiger partial charge in [0.25, 0.3) is 0 Å². The zero-order chi connectivity index (χ0) is 28.7. The highest BCUT2D eigenvalue weighted by atomic mass is 16.5. The van der Waals surface area contributed by atoms with Gasteiger partial charge in [-0.15, -0.1) is 18.3 Å². The summed E-state index contributed by atoms with van der Waals surface area (Å²) in [6.07, 6.45) is 5.08. The maximum absolute atomic E-state index is 14.4. The first-order chi connectivity index (χ1) is 19.3. The van der Waals surface area contributed by atoms with Gasteiger partial charge < -0.3 is 24.5 Å². The van der Waals surface area contributed by atoms with E-state index in [1.54, 1.807) is 26.6 Å². The standard InChI is InChI=1S/C29H38N6O5/c1-5-14-32(15-6-2)25(37)22-23-26(38)34(17-18-36)24(29(23)13-12-28(22,4)40-29)27(39)33(16-7-3)19-35-21-11-9-8-10-20(21)30-31-35/h5,7-11,22-24,36H,1,3,6,12-19H2,2,4H3/t22-,23-,24?,28+,29?/m0/s1. The van der Waals surface area contributed by atoms with Crippen molar-refractivity contribution >= 4 is 28.8 Å². The number of likely N-dealkylation sites (tertiary alicyclic amines) is 1. The number of β-amino-alcohol motifs (C(OH)–C–C–N with tert-alkyl or cyclic N) is 1. The average molecular weight is 551 g/mol. The van der Waals surface area contributed by atoms with Crippen LogP contribution in [0.2, 0.25) is 0 Å². The van der Waals surface area contributed by atoms with Gasteiger partial charge in [0.1, 0.15) is 23.8 Å². The van der Waals surface area contributed by atoms with Crippen molar-refractivity contribution in [3.8, 4) is 0 Å². The second-order valence-corrected chi connectivity index (χ2v) is 11.1. The molecule has 11 nitrogen and oxygen atoms in total. The summed E-state index contributed by atoms with van der Waals surface area (Å²) < 4.78 is 8.34. The first-order valence-electron chi connectivity index (χ1n) is 14.0. The Balaban J connectivity index is 1.53. The number of benzene rings is 1. The Bertz CT molecular complexity index is 1330. The lowest BCUT2D eigenvalue weighted by atomic mass is 9.66. The largest absolute Gasteiger partial charge is 0.395 e. The number of para-hydroxylation sites is 1. The normalized spacial score (nSPS) is 28.6. The summed E-state index contributed by atoms with van der Waals surface area (Å²) in [7, 11) is 0. The quantitative estimate of drug-likeness (QED) is 0.399. The first-order valence-corrected chi connectivity index (χ1v) is 14.0. The van der Waals surface area contributed by atoms with Gasteiger partial charge in [-0.3, -0.25) is 14.4 Å². The Morgan fingerprint density at radius 3 is 2.60 bits per heavy atom. The fraction of sp³-hybridized carbons (Fsp3) is 0.552. The lowest BCUT2D eigenvalue weighted by Crippen LogP contribution is -2.57. The van der Waals surface area contributed by atoms with E-state index < -0.39 is 29.1 Å². The van der Waals surface area contributed by atoms with Gasteiger partial charge in [-0.2, -0.15) is 0 Å². The highest BCUT2D eigenvalue weighted by Gasteiger charge is 2.78. The van der Waals surface area contributed by atoms with Crippen LogP contribution in [0.3, 0.4) is 0 Å². The number of amides is 3. The lowest BCUT2D eigenvalue weighted by molar-refractivity contribution is -0.154. The number of aromatic nitrogens is 3. The highest BCUT2D eigenvalue weighted by Crippen LogP contribution is 2.63. The lowest BCUT2D eigenvalue weighted by Gasteiger charge is -2.36. The van der Waals surface area contributed by atoms with Crippen LogP contribution in [-0.2, 0) is 25.8 Å². The van der Waals surface area contributed by atoms with E-state index in [0.717, 1.165) is 11.9 Å². The summed E-state index contributed by atoms with van der Waals surface area (Å²) in [4.78, 5) is 47.2. The zero-order valence-electron chi connectivity index (χ0n) is 23.2. The van der Waals surface area contributed by atoms with Crippen molar-refractivity contribution in [3.63, 3.8) is 0 Å². The number of aliphatic hydroxyl groups excluding tert-OH is 1. The number of hydrogen-bond acceptors (Lipinski definition) is 7. The Morgan fingerprint density at radius 2 is 1.90 bits per heavy atom. The molecule has 1 N–H and O–H groups in total. The molecule has 1 aromatic heterocycles. The smallest absolute Gasteiger partial charge is 0.250 e. The fourth-order valence-corrected chi connectivity index (χ4v) is 7.07. The van der Waals surface area contributed by atoms with Crippen LogP contribution in [0, 0.1) is 11.8 Å². The minimum absolute atomic E-state index is 0.0337. The van der Waals surface area contributed by atoms with Gasteiger partial charge in [0.05, 0.1) is 29.6 Å². The summed E-state index contributed by atoms with van der Waals surface area (Å²) in [5.74, 6) is -2.36. The number of hydrogen-bond donors (Lipinski definition) is 1.